The van der Waals surface area contributed by atoms with Gasteiger partial charge in [-0.1, -0.05) is 29.5 Å². The molecule has 1 aromatic heterocycles. The van der Waals surface area contributed by atoms with Crippen molar-refractivity contribution in [3.8, 4) is 5.75 Å². The Morgan fingerprint density at radius 2 is 1.81 bits per heavy atom. The van der Waals surface area contributed by atoms with Gasteiger partial charge in [0.15, 0.2) is 0 Å². The van der Waals surface area contributed by atoms with Crippen molar-refractivity contribution in [3.63, 3.8) is 0 Å². The van der Waals surface area contributed by atoms with E-state index in [4.69, 9.17) is 0 Å². The molecule has 21 heavy (non-hydrogen) atoms. The van der Waals surface area contributed by atoms with Gasteiger partial charge in [-0.15, -0.1) is 0 Å². The summed E-state index contributed by atoms with van der Waals surface area (Å²) in [6.07, 6.45) is 3.90. The summed E-state index contributed by atoms with van der Waals surface area (Å²) in [6, 6.07) is 8.00. The van der Waals surface area contributed by atoms with Crippen LogP contribution < -0.4 is 5.56 Å². The van der Waals surface area contributed by atoms with E-state index in [1.54, 1.807) is 4.57 Å². The lowest BCUT2D eigenvalue weighted by Gasteiger charge is -2.21. The van der Waals surface area contributed by atoms with E-state index in [1.165, 1.54) is 17.3 Å². The average molecular weight is 301 g/mol. The highest BCUT2D eigenvalue weighted by Crippen LogP contribution is 2.37. The Bertz CT molecular complexity index is 732. The van der Waals surface area contributed by atoms with E-state index in [0.717, 1.165) is 41.8 Å². The number of hydrogen-bond acceptors (Lipinski definition) is 3. The predicted octanol–water partition coefficient (Wildman–Crippen LogP) is 3.43. The molecule has 0 unspecified atom stereocenters. The largest absolute Gasteiger partial charge is 0.506 e. The highest BCUT2D eigenvalue weighted by atomic mass is 32.2. The first-order chi connectivity index (χ1) is 10.1. The number of pyridine rings is 1. The smallest absolute Gasteiger partial charge is 0.268 e. The second kappa shape index (κ2) is 5.60. The Morgan fingerprint density at radius 3 is 2.52 bits per heavy atom. The fourth-order valence-corrected chi connectivity index (χ4v) is 3.80. The van der Waals surface area contributed by atoms with Crippen LogP contribution in [0.2, 0.25) is 0 Å². The summed E-state index contributed by atoms with van der Waals surface area (Å²) >= 11 is 1.35. The summed E-state index contributed by atoms with van der Waals surface area (Å²) in [6.45, 7) is 2.03. The van der Waals surface area contributed by atoms with E-state index < -0.39 is 0 Å². The van der Waals surface area contributed by atoms with Crippen molar-refractivity contribution in [1.29, 1.82) is 0 Å². The molecule has 3 nitrogen and oxygen atoms in total. The maximum absolute atomic E-state index is 12.5. The van der Waals surface area contributed by atoms with Crippen molar-refractivity contribution in [2.45, 2.75) is 42.4 Å². The van der Waals surface area contributed by atoms with E-state index in [9.17, 15) is 9.90 Å². The van der Waals surface area contributed by atoms with Crippen LogP contribution in [0, 0.1) is 6.92 Å². The third-order valence-electron chi connectivity index (χ3n) is 4.08. The monoisotopic (exact) mass is 301 g/mol. The molecule has 0 saturated carbocycles. The van der Waals surface area contributed by atoms with Crippen LogP contribution in [0.3, 0.4) is 0 Å². The first-order valence-electron chi connectivity index (χ1n) is 7.26. The quantitative estimate of drug-likeness (QED) is 0.924. The summed E-state index contributed by atoms with van der Waals surface area (Å²) in [7, 11) is 1.81. The van der Waals surface area contributed by atoms with E-state index >= 15 is 0 Å². The average Bonchev–Trinajstić information content (AvgIpc) is 2.51. The molecule has 1 aliphatic carbocycles. The lowest BCUT2D eigenvalue weighted by atomic mass is 9.95. The second-order valence-corrected chi connectivity index (χ2v) is 6.67. The molecule has 0 amide bonds. The van der Waals surface area contributed by atoms with Gasteiger partial charge in [0.05, 0.1) is 0 Å². The van der Waals surface area contributed by atoms with Crippen molar-refractivity contribution in [2.24, 2.45) is 7.05 Å². The van der Waals surface area contributed by atoms with Crippen molar-refractivity contribution in [3.05, 3.63) is 51.4 Å². The van der Waals surface area contributed by atoms with Gasteiger partial charge in [0, 0.05) is 23.2 Å². The van der Waals surface area contributed by atoms with Crippen LogP contribution in [0.1, 0.15) is 29.7 Å². The molecule has 1 aliphatic rings. The highest BCUT2D eigenvalue weighted by Gasteiger charge is 2.22. The van der Waals surface area contributed by atoms with Crippen molar-refractivity contribution >= 4 is 11.8 Å². The van der Waals surface area contributed by atoms with Gasteiger partial charge in [-0.05, 0) is 44.7 Å². The maximum Gasteiger partial charge on any atom is 0.268 e. The molecule has 4 heteroatoms. The zero-order valence-electron chi connectivity index (χ0n) is 12.3. The SMILES string of the molecule is Cc1ccc(Sc2c(O)c3c(n(C)c2=O)CCCC3)cc1. The molecule has 0 bridgehead atoms. The fourth-order valence-electron chi connectivity index (χ4n) is 2.84. The number of fused-ring (bicyclic) bond motifs is 1. The van der Waals surface area contributed by atoms with Gasteiger partial charge in [0.25, 0.3) is 5.56 Å². The Kier molecular flexibility index (Phi) is 3.81. The first kappa shape index (κ1) is 14.3. The number of benzene rings is 1. The molecular weight excluding hydrogens is 282 g/mol. The minimum atomic E-state index is -0.0984. The van der Waals surface area contributed by atoms with Crippen LogP contribution in [0.5, 0.6) is 5.75 Å². The fraction of sp³-hybridized carbons (Fsp3) is 0.353. The van der Waals surface area contributed by atoms with E-state index in [2.05, 4.69) is 0 Å². The van der Waals surface area contributed by atoms with Gasteiger partial charge in [-0.25, -0.2) is 0 Å². The highest BCUT2D eigenvalue weighted by molar-refractivity contribution is 7.99. The number of aromatic hydroxyl groups is 1. The van der Waals surface area contributed by atoms with Crippen LogP contribution in [0.25, 0.3) is 0 Å². The second-order valence-electron chi connectivity index (χ2n) is 5.59. The molecule has 1 N–H and O–H groups in total. The van der Waals surface area contributed by atoms with Gasteiger partial charge in [-0.3, -0.25) is 4.79 Å². The first-order valence-corrected chi connectivity index (χ1v) is 8.08. The molecular formula is C17H19NO2S. The number of aromatic nitrogens is 1. The minimum Gasteiger partial charge on any atom is -0.506 e. The molecule has 2 aromatic rings. The lowest BCUT2D eigenvalue weighted by Crippen LogP contribution is -2.25. The Labute approximate surface area is 128 Å². The van der Waals surface area contributed by atoms with Crippen molar-refractivity contribution < 1.29 is 5.11 Å². The van der Waals surface area contributed by atoms with Crippen LogP contribution >= 0.6 is 11.8 Å². The van der Waals surface area contributed by atoms with Crippen molar-refractivity contribution in [2.75, 3.05) is 0 Å². The normalized spacial score (nSPS) is 14.0. The van der Waals surface area contributed by atoms with E-state index in [-0.39, 0.29) is 11.3 Å². The van der Waals surface area contributed by atoms with E-state index in [1.807, 2.05) is 38.2 Å². The minimum absolute atomic E-state index is 0.0984. The maximum atomic E-state index is 12.5. The van der Waals surface area contributed by atoms with Crippen LogP contribution in [-0.4, -0.2) is 9.67 Å². The summed E-state index contributed by atoms with van der Waals surface area (Å²) in [5.74, 6) is 0.193. The predicted molar refractivity (Wildman–Crippen MR) is 85.3 cm³/mol. The molecule has 0 atom stereocenters. The number of nitrogens with zero attached hydrogens (tertiary/aromatic N) is 1. The molecule has 1 aromatic carbocycles. The van der Waals surface area contributed by atoms with Gasteiger partial charge >= 0.3 is 0 Å². The number of hydrogen-bond donors (Lipinski definition) is 1. The van der Waals surface area contributed by atoms with Crippen LogP contribution in [-0.2, 0) is 19.9 Å². The topological polar surface area (TPSA) is 42.2 Å². The summed E-state index contributed by atoms with van der Waals surface area (Å²) in [5, 5.41) is 10.5. The molecule has 0 aliphatic heterocycles. The third kappa shape index (κ3) is 2.60. The summed E-state index contributed by atoms with van der Waals surface area (Å²) in [4.78, 5) is 13.9. The zero-order chi connectivity index (χ0) is 15.0. The number of aryl methyl sites for hydroxylation is 1. The molecule has 1 heterocycles. The van der Waals surface area contributed by atoms with Gasteiger partial charge in [0.2, 0.25) is 0 Å². The third-order valence-corrected chi connectivity index (χ3v) is 5.16. The molecule has 110 valence electrons. The number of rotatable bonds is 2. The molecule has 0 spiro atoms. The Balaban J connectivity index is 2.08. The summed E-state index contributed by atoms with van der Waals surface area (Å²) in [5.41, 5.74) is 3.04. The summed E-state index contributed by atoms with van der Waals surface area (Å²) < 4.78 is 1.71. The van der Waals surface area contributed by atoms with E-state index in [0.29, 0.717) is 4.90 Å². The van der Waals surface area contributed by atoms with Gasteiger partial charge in [0.1, 0.15) is 10.6 Å². The van der Waals surface area contributed by atoms with Crippen molar-refractivity contribution in [1.82, 2.24) is 4.57 Å². The molecule has 3 rings (SSSR count). The van der Waals surface area contributed by atoms with Gasteiger partial charge in [-0.2, -0.15) is 0 Å². The van der Waals surface area contributed by atoms with Crippen LogP contribution in [0.15, 0.2) is 38.9 Å². The standard InChI is InChI=1S/C17H19NO2S/c1-11-7-9-12(10-8-11)21-16-15(19)13-5-3-4-6-14(13)18(2)17(16)20/h7-10,19H,3-6H2,1-2H3. The Morgan fingerprint density at radius 1 is 1.14 bits per heavy atom. The van der Waals surface area contributed by atoms with Gasteiger partial charge < -0.3 is 9.67 Å². The molecule has 0 fully saturated rings. The molecule has 0 radical (unpaired) electrons. The lowest BCUT2D eigenvalue weighted by molar-refractivity contribution is 0.438. The Hall–Kier alpha value is -1.68. The van der Waals surface area contributed by atoms with Crippen LogP contribution in [0.4, 0.5) is 0 Å². The zero-order valence-corrected chi connectivity index (χ0v) is 13.2. The molecule has 0 saturated heterocycles.